The molecule has 1 saturated heterocycles. The van der Waals surface area contributed by atoms with Crippen molar-refractivity contribution in [1.29, 1.82) is 0 Å². The highest BCUT2D eigenvalue weighted by Crippen LogP contribution is 2.30. The molecule has 34 heavy (non-hydrogen) atoms. The number of hydrogen-bond acceptors (Lipinski definition) is 5. The molecule has 1 aliphatic heterocycles. The summed E-state index contributed by atoms with van der Waals surface area (Å²) in [6.45, 7) is 1.52. The van der Waals surface area contributed by atoms with Crippen molar-refractivity contribution in [2.24, 2.45) is 0 Å². The molecule has 1 unspecified atom stereocenters. The minimum absolute atomic E-state index is 0.0876. The molecule has 0 bridgehead atoms. The molecule has 0 radical (unpaired) electrons. The zero-order valence-electron chi connectivity index (χ0n) is 18.3. The smallest absolute Gasteiger partial charge is 0.257 e. The Hall–Kier alpha value is -3.97. The molecule has 170 valence electrons. The van der Waals surface area contributed by atoms with E-state index in [0.29, 0.717) is 27.7 Å². The molecule has 8 heteroatoms. The number of para-hydroxylation sites is 2. The van der Waals surface area contributed by atoms with Crippen LogP contribution in [0.1, 0.15) is 18.9 Å². The maximum absolute atomic E-state index is 13.3. The van der Waals surface area contributed by atoms with E-state index in [4.69, 9.17) is 16.0 Å². The molecule has 1 aromatic heterocycles. The standard InChI is InChI=1S/C26H20ClN3O4/c1-16(31)29(15-18-6-2-3-7-20(18)27)22-14-24(32)30(26(22)33)19-12-10-17(11-13-19)25-28-21-8-4-5-9-23(21)34-25/h2-13,22H,14-15H2,1H3. The van der Waals surface area contributed by atoms with E-state index in [1.807, 2.05) is 30.3 Å². The van der Waals surface area contributed by atoms with Gasteiger partial charge in [0.15, 0.2) is 5.58 Å². The molecule has 3 aromatic carbocycles. The lowest BCUT2D eigenvalue weighted by atomic mass is 10.1. The summed E-state index contributed by atoms with van der Waals surface area (Å²) in [6, 6.07) is 20.5. The summed E-state index contributed by atoms with van der Waals surface area (Å²) in [4.78, 5) is 45.5. The summed E-state index contributed by atoms with van der Waals surface area (Å²) in [5, 5.41) is 0.497. The van der Waals surface area contributed by atoms with E-state index < -0.39 is 11.9 Å². The lowest BCUT2D eigenvalue weighted by Gasteiger charge is -2.27. The first-order chi connectivity index (χ1) is 16.4. The van der Waals surface area contributed by atoms with Crippen molar-refractivity contribution in [2.45, 2.75) is 25.9 Å². The second-order valence-corrected chi connectivity index (χ2v) is 8.47. The summed E-state index contributed by atoms with van der Waals surface area (Å²) in [7, 11) is 0. The lowest BCUT2D eigenvalue weighted by molar-refractivity contribution is -0.137. The number of oxazole rings is 1. The number of aromatic nitrogens is 1. The third-order valence-corrected chi connectivity index (χ3v) is 6.24. The van der Waals surface area contributed by atoms with E-state index in [0.717, 1.165) is 16.0 Å². The Kier molecular flexibility index (Phi) is 5.63. The topological polar surface area (TPSA) is 83.7 Å². The molecule has 4 aromatic rings. The molecule has 2 heterocycles. The zero-order chi connectivity index (χ0) is 23.8. The molecule has 0 spiro atoms. The third kappa shape index (κ3) is 3.95. The molecule has 0 N–H and O–H groups in total. The van der Waals surface area contributed by atoms with Gasteiger partial charge in [0, 0.05) is 24.1 Å². The van der Waals surface area contributed by atoms with E-state index in [9.17, 15) is 14.4 Å². The fourth-order valence-electron chi connectivity index (χ4n) is 4.13. The Bertz CT molecular complexity index is 1380. The van der Waals surface area contributed by atoms with Gasteiger partial charge < -0.3 is 9.32 Å². The normalized spacial score (nSPS) is 15.8. The Morgan fingerprint density at radius 2 is 1.76 bits per heavy atom. The minimum atomic E-state index is -0.891. The van der Waals surface area contributed by atoms with Gasteiger partial charge in [0.2, 0.25) is 17.7 Å². The summed E-state index contributed by atoms with van der Waals surface area (Å²) < 4.78 is 5.79. The molecule has 3 amide bonds. The monoisotopic (exact) mass is 473 g/mol. The quantitative estimate of drug-likeness (QED) is 0.388. The van der Waals surface area contributed by atoms with Crippen LogP contribution in [-0.2, 0) is 20.9 Å². The number of rotatable bonds is 5. The van der Waals surface area contributed by atoms with Crippen molar-refractivity contribution in [3.8, 4) is 11.5 Å². The third-order valence-electron chi connectivity index (χ3n) is 5.87. The first-order valence-corrected chi connectivity index (χ1v) is 11.1. The van der Waals surface area contributed by atoms with E-state index in [1.165, 1.54) is 11.8 Å². The Morgan fingerprint density at radius 1 is 1.06 bits per heavy atom. The maximum Gasteiger partial charge on any atom is 0.257 e. The first-order valence-electron chi connectivity index (χ1n) is 10.8. The summed E-state index contributed by atoms with van der Waals surface area (Å²) in [5.74, 6) is -0.664. The van der Waals surface area contributed by atoms with Crippen molar-refractivity contribution < 1.29 is 18.8 Å². The van der Waals surface area contributed by atoms with Crippen molar-refractivity contribution in [1.82, 2.24) is 9.88 Å². The number of amides is 3. The number of imide groups is 1. The van der Waals surface area contributed by atoms with Crippen LogP contribution in [0.2, 0.25) is 5.02 Å². The van der Waals surface area contributed by atoms with Crippen LogP contribution in [0.15, 0.2) is 77.2 Å². The number of fused-ring (bicyclic) bond motifs is 1. The fraction of sp³-hybridized carbons (Fsp3) is 0.154. The summed E-state index contributed by atoms with van der Waals surface area (Å²) >= 11 is 6.25. The molecular formula is C26H20ClN3O4. The molecule has 7 nitrogen and oxygen atoms in total. The van der Waals surface area contributed by atoms with Crippen LogP contribution >= 0.6 is 11.6 Å². The number of carbonyl (C=O) groups is 3. The van der Waals surface area contributed by atoms with Gasteiger partial charge in [0.25, 0.3) is 5.91 Å². The van der Waals surface area contributed by atoms with Crippen molar-refractivity contribution in [2.75, 3.05) is 4.90 Å². The van der Waals surface area contributed by atoms with Gasteiger partial charge in [0.05, 0.1) is 12.1 Å². The number of nitrogens with zero attached hydrogens (tertiary/aromatic N) is 3. The van der Waals surface area contributed by atoms with Crippen molar-refractivity contribution in [3.63, 3.8) is 0 Å². The van der Waals surface area contributed by atoms with Crippen LogP contribution < -0.4 is 4.90 Å². The molecule has 5 rings (SSSR count). The second kappa shape index (κ2) is 8.76. The van der Waals surface area contributed by atoms with Crippen LogP contribution in [0, 0.1) is 0 Å². The number of anilines is 1. The average molecular weight is 474 g/mol. The van der Waals surface area contributed by atoms with Gasteiger partial charge >= 0.3 is 0 Å². The maximum atomic E-state index is 13.3. The summed E-state index contributed by atoms with van der Waals surface area (Å²) in [6.07, 6.45) is -0.0876. The van der Waals surface area contributed by atoms with Gasteiger partial charge in [-0.05, 0) is 48.0 Å². The van der Waals surface area contributed by atoms with Crippen LogP contribution in [0.5, 0.6) is 0 Å². The number of benzene rings is 3. The van der Waals surface area contributed by atoms with E-state index in [1.54, 1.807) is 42.5 Å². The van der Waals surface area contributed by atoms with Crippen LogP contribution in [0.3, 0.4) is 0 Å². The fourth-order valence-corrected chi connectivity index (χ4v) is 4.33. The van der Waals surface area contributed by atoms with Crippen LogP contribution in [-0.4, -0.2) is 33.6 Å². The van der Waals surface area contributed by atoms with Crippen molar-refractivity contribution >= 4 is 46.1 Å². The van der Waals surface area contributed by atoms with E-state index >= 15 is 0 Å². The van der Waals surface area contributed by atoms with Gasteiger partial charge in [-0.25, -0.2) is 9.88 Å². The second-order valence-electron chi connectivity index (χ2n) is 8.06. The van der Waals surface area contributed by atoms with Crippen molar-refractivity contribution in [3.05, 3.63) is 83.4 Å². The number of carbonyl (C=O) groups excluding carboxylic acids is 3. The van der Waals surface area contributed by atoms with Crippen LogP contribution in [0.4, 0.5) is 5.69 Å². The number of hydrogen-bond donors (Lipinski definition) is 0. The first kappa shape index (κ1) is 21.9. The average Bonchev–Trinajstić information content (AvgIpc) is 3.39. The lowest BCUT2D eigenvalue weighted by Crippen LogP contribution is -2.44. The van der Waals surface area contributed by atoms with E-state index in [-0.39, 0.29) is 24.8 Å². The highest BCUT2D eigenvalue weighted by atomic mass is 35.5. The highest BCUT2D eigenvalue weighted by molar-refractivity contribution is 6.31. The largest absolute Gasteiger partial charge is 0.436 e. The zero-order valence-corrected chi connectivity index (χ0v) is 19.0. The Labute approximate surface area is 200 Å². The molecule has 1 fully saturated rings. The van der Waals surface area contributed by atoms with Gasteiger partial charge in [-0.1, -0.05) is 41.9 Å². The van der Waals surface area contributed by atoms with Gasteiger partial charge in [-0.15, -0.1) is 0 Å². The summed E-state index contributed by atoms with van der Waals surface area (Å²) in [5.41, 5.74) is 3.29. The molecule has 1 aliphatic rings. The molecule has 0 saturated carbocycles. The van der Waals surface area contributed by atoms with Crippen LogP contribution in [0.25, 0.3) is 22.6 Å². The Morgan fingerprint density at radius 3 is 2.47 bits per heavy atom. The molecule has 1 atom stereocenters. The molecule has 0 aliphatic carbocycles. The van der Waals surface area contributed by atoms with E-state index in [2.05, 4.69) is 4.98 Å². The minimum Gasteiger partial charge on any atom is -0.436 e. The van der Waals surface area contributed by atoms with Gasteiger partial charge in [0.1, 0.15) is 11.6 Å². The Balaban J connectivity index is 1.39. The predicted octanol–water partition coefficient (Wildman–Crippen LogP) is 4.83. The van der Waals surface area contributed by atoms with Gasteiger partial charge in [-0.2, -0.15) is 0 Å². The SMILES string of the molecule is CC(=O)N(Cc1ccccc1Cl)C1CC(=O)N(c2ccc(-c3nc4ccccc4o3)cc2)C1=O. The number of halogens is 1. The highest BCUT2D eigenvalue weighted by Gasteiger charge is 2.43. The molecular weight excluding hydrogens is 454 g/mol. The predicted molar refractivity (Wildman–Crippen MR) is 128 cm³/mol. The van der Waals surface area contributed by atoms with Gasteiger partial charge in [-0.3, -0.25) is 14.4 Å².